The third kappa shape index (κ3) is 74.9. The fraction of sp³-hybridized carbons (Fsp3) is 0.726. The van der Waals surface area contributed by atoms with Gasteiger partial charge in [0.1, 0.15) is 13.2 Å². The molecule has 0 N–H and O–H groups in total. The zero-order valence-electron chi connectivity index (χ0n) is 61.1. The summed E-state index contributed by atoms with van der Waals surface area (Å²) in [5.74, 6) is -2.27. The lowest BCUT2D eigenvalue weighted by molar-refractivity contribution is -0.870. The molecule has 0 fully saturated rings. The van der Waals surface area contributed by atoms with Crippen LogP contribution in [-0.2, 0) is 33.3 Å². The molecular weight excluding hydrogens is 1150 g/mol. The molecular formula is C84H145NO8. The van der Waals surface area contributed by atoms with Crippen molar-refractivity contribution in [2.75, 3.05) is 47.5 Å². The molecule has 9 nitrogen and oxygen atoms in total. The molecule has 0 spiro atoms. The zero-order valence-corrected chi connectivity index (χ0v) is 61.1. The highest BCUT2D eigenvalue weighted by Gasteiger charge is 2.22. The van der Waals surface area contributed by atoms with E-state index in [0.717, 1.165) is 103 Å². The third-order valence-electron chi connectivity index (χ3n) is 16.7. The second-order valence-electron chi connectivity index (χ2n) is 26.9. The largest absolute Gasteiger partial charge is 0.545 e. The van der Waals surface area contributed by atoms with Crippen molar-refractivity contribution in [1.29, 1.82) is 0 Å². The summed E-state index contributed by atoms with van der Waals surface area (Å²) < 4.78 is 22.9. The standard InChI is InChI=1S/C84H145NO8/c1-6-8-10-12-14-16-18-20-22-24-26-28-30-32-34-36-38-39-40-41-42-43-45-46-48-50-52-54-56-58-60-62-64-66-68-70-72-74-81(86)91-78-80(79-92-84(83(88)89)90-77-76-85(3,4)5)93-82(87)75-73-71-69-67-65-63-61-59-57-55-53-51-49-47-44-37-35-33-31-29-27-25-23-21-19-17-15-13-11-9-7-2/h8-11,14-17,20-23,26-29,33,35,44,47,80,84H,6-7,12-13,18-19,24-25,30-32,34,36-43,45-46,48-79H2,1-5H3/b10-8-,11-9-,16-14-,17-15-,22-20-,23-21-,28-26-,29-27-,35-33-,47-44-. The minimum Gasteiger partial charge on any atom is -0.545 e. The zero-order chi connectivity index (χ0) is 67.5. The molecule has 0 aliphatic heterocycles. The first-order chi connectivity index (χ1) is 45.6. The molecule has 0 radical (unpaired) electrons. The summed E-state index contributed by atoms with van der Waals surface area (Å²) in [5, 5.41) is 11.9. The van der Waals surface area contributed by atoms with Crippen LogP contribution in [0.2, 0.25) is 0 Å². The number of carboxylic acids is 1. The molecule has 0 heterocycles. The van der Waals surface area contributed by atoms with Gasteiger partial charge in [0.25, 0.3) is 0 Å². The molecule has 0 saturated heterocycles. The van der Waals surface area contributed by atoms with E-state index in [1.807, 2.05) is 21.1 Å². The van der Waals surface area contributed by atoms with Crippen LogP contribution in [-0.4, -0.2) is 82.3 Å². The van der Waals surface area contributed by atoms with Crippen molar-refractivity contribution in [1.82, 2.24) is 0 Å². The number of rotatable bonds is 71. The summed E-state index contributed by atoms with van der Waals surface area (Å²) in [4.78, 5) is 37.6. The number of hydrogen-bond acceptors (Lipinski definition) is 8. The van der Waals surface area contributed by atoms with Gasteiger partial charge in [-0.1, -0.05) is 341 Å². The number of unbranched alkanes of at least 4 members (excludes halogenated alkanes) is 36. The second-order valence-corrected chi connectivity index (χ2v) is 26.9. The van der Waals surface area contributed by atoms with Gasteiger partial charge in [0.05, 0.1) is 40.3 Å². The van der Waals surface area contributed by atoms with E-state index in [9.17, 15) is 19.5 Å². The number of aliphatic carboxylic acids is 1. The van der Waals surface area contributed by atoms with Crippen LogP contribution in [0.15, 0.2) is 122 Å². The van der Waals surface area contributed by atoms with Crippen LogP contribution in [0.4, 0.5) is 0 Å². The first kappa shape index (κ1) is 88.7. The van der Waals surface area contributed by atoms with Crippen molar-refractivity contribution in [3.63, 3.8) is 0 Å². The molecule has 0 aromatic carbocycles. The average Bonchev–Trinajstić information content (AvgIpc) is 3.38. The molecule has 0 aromatic rings. The lowest BCUT2D eigenvalue weighted by Gasteiger charge is -2.26. The van der Waals surface area contributed by atoms with E-state index in [-0.39, 0.29) is 32.2 Å². The van der Waals surface area contributed by atoms with E-state index >= 15 is 0 Å². The van der Waals surface area contributed by atoms with Crippen LogP contribution in [0, 0.1) is 0 Å². The Hall–Kier alpha value is -4.31. The third-order valence-corrected chi connectivity index (χ3v) is 16.7. The molecule has 0 aliphatic carbocycles. The van der Waals surface area contributed by atoms with Crippen molar-refractivity contribution in [2.45, 2.75) is 347 Å². The van der Waals surface area contributed by atoms with Gasteiger partial charge in [-0.2, -0.15) is 0 Å². The van der Waals surface area contributed by atoms with Gasteiger partial charge < -0.3 is 33.3 Å². The summed E-state index contributed by atoms with van der Waals surface area (Å²) >= 11 is 0. The van der Waals surface area contributed by atoms with E-state index in [4.69, 9.17) is 18.9 Å². The number of quaternary nitrogens is 1. The minimum atomic E-state index is -1.63. The van der Waals surface area contributed by atoms with E-state index < -0.39 is 24.3 Å². The predicted molar refractivity (Wildman–Crippen MR) is 398 cm³/mol. The molecule has 2 atom stereocenters. The summed E-state index contributed by atoms with van der Waals surface area (Å²) in [6, 6.07) is 0. The van der Waals surface area contributed by atoms with Gasteiger partial charge in [0.2, 0.25) is 0 Å². The topological polar surface area (TPSA) is 111 Å². The number of ether oxygens (including phenoxy) is 4. The number of hydrogen-bond donors (Lipinski definition) is 0. The highest BCUT2D eigenvalue weighted by Crippen LogP contribution is 2.18. The Morgan fingerprint density at radius 2 is 0.581 bits per heavy atom. The van der Waals surface area contributed by atoms with Crippen LogP contribution >= 0.6 is 0 Å². The Morgan fingerprint density at radius 3 is 0.860 bits per heavy atom. The number of likely N-dealkylation sites (N-methyl/N-ethyl adjacent to an activating group) is 1. The second kappa shape index (κ2) is 73.5. The normalized spacial score (nSPS) is 13.3. The fourth-order valence-electron chi connectivity index (χ4n) is 10.9. The predicted octanol–water partition coefficient (Wildman–Crippen LogP) is 23.4. The van der Waals surface area contributed by atoms with Crippen molar-refractivity contribution in [3.8, 4) is 0 Å². The number of nitrogens with zero attached hydrogens (tertiary/aromatic N) is 1. The maximum atomic E-state index is 13.0. The van der Waals surface area contributed by atoms with Gasteiger partial charge in [-0.05, 0) is 103 Å². The molecule has 0 rings (SSSR count). The van der Waals surface area contributed by atoms with Crippen LogP contribution in [0.3, 0.4) is 0 Å². The summed E-state index contributed by atoms with van der Waals surface area (Å²) in [6.07, 6.45) is 102. The molecule has 0 amide bonds. The maximum absolute atomic E-state index is 13.0. The Morgan fingerprint density at radius 1 is 0.323 bits per heavy atom. The average molecular weight is 1300 g/mol. The van der Waals surface area contributed by atoms with E-state index in [2.05, 4.69) is 135 Å². The van der Waals surface area contributed by atoms with Crippen molar-refractivity contribution in [3.05, 3.63) is 122 Å². The van der Waals surface area contributed by atoms with E-state index in [1.165, 1.54) is 199 Å². The number of allylic oxidation sites excluding steroid dienone is 20. The molecule has 0 bridgehead atoms. The Kier molecular flexibility index (Phi) is 70.1. The van der Waals surface area contributed by atoms with Gasteiger partial charge in [-0.3, -0.25) is 9.59 Å². The van der Waals surface area contributed by atoms with E-state index in [0.29, 0.717) is 23.9 Å². The van der Waals surface area contributed by atoms with Crippen LogP contribution < -0.4 is 5.11 Å². The van der Waals surface area contributed by atoms with Crippen LogP contribution in [0.5, 0.6) is 0 Å². The highest BCUT2D eigenvalue weighted by molar-refractivity contribution is 5.70. The number of carboxylic acid groups (broad SMARTS) is 1. The van der Waals surface area contributed by atoms with Gasteiger partial charge in [-0.25, -0.2) is 0 Å². The molecule has 0 aliphatic rings. The quantitative estimate of drug-likeness (QED) is 0.0195. The lowest BCUT2D eigenvalue weighted by Crippen LogP contribution is -2.44. The number of esters is 2. The Balaban J connectivity index is 4.03. The molecule has 534 valence electrons. The van der Waals surface area contributed by atoms with Crippen LogP contribution in [0.25, 0.3) is 0 Å². The summed E-state index contributed by atoms with van der Waals surface area (Å²) in [6.45, 7) is 4.55. The van der Waals surface area contributed by atoms with Crippen LogP contribution in [0.1, 0.15) is 335 Å². The molecule has 0 aromatic heterocycles. The van der Waals surface area contributed by atoms with Gasteiger partial charge >= 0.3 is 11.9 Å². The first-order valence-corrected chi connectivity index (χ1v) is 38.7. The molecule has 0 saturated carbocycles. The Bertz CT molecular complexity index is 1950. The van der Waals surface area contributed by atoms with E-state index in [1.54, 1.807) is 0 Å². The smallest absolute Gasteiger partial charge is 0.306 e. The molecule has 2 unspecified atom stereocenters. The van der Waals surface area contributed by atoms with Crippen molar-refractivity contribution >= 4 is 17.9 Å². The van der Waals surface area contributed by atoms with Gasteiger partial charge in [0.15, 0.2) is 12.4 Å². The maximum Gasteiger partial charge on any atom is 0.306 e. The summed E-state index contributed by atoms with van der Waals surface area (Å²) in [7, 11) is 5.94. The molecule has 9 heteroatoms. The fourth-order valence-corrected chi connectivity index (χ4v) is 10.9. The molecule has 93 heavy (non-hydrogen) atoms. The number of carbonyl (C=O) groups is 3. The minimum absolute atomic E-state index is 0.145. The lowest BCUT2D eigenvalue weighted by atomic mass is 10.0. The van der Waals surface area contributed by atoms with Gasteiger partial charge in [-0.15, -0.1) is 0 Å². The summed E-state index contributed by atoms with van der Waals surface area (Å²) in [5.41, 5.74) is 0. The number of carbonyl (C=O) groups excluding carboxylic acids is 3. The Labute approximate surface area is 574 Å². The van der Waals surface area contributed by atoms with Crippen molar-refractivity contribution < 1.29 is 42.9 Å². The SMILES string of the molecule is CC/C=C\C/C=C\C/C=C\C/C=C\C/C=C\C/C=C\CCCCCCCCCCCCCCC(=O)OC(COC(=O)CCCCCCCCCCCCCCCCCCCCCCCCCC/C=C\C/C=C\C/C=C\C/C=C\CC)COC(OCC[N+](C)(C)C)C(=O)[O-]. The first-order valence-electron chi connectivity index (χ1n) is 38.7. The highest BCUT2D eigenvalue weighted by atomic mass is 16.7. The van der Waals surface area contributed by atoms with Gasteiger partial charge in [0, 0.05) is 12.8 Å². The monoisotopic (exact) mass is 1300 g/mol. The van der Waals surface area contributed by atoms with Crippen molar-refractivity contribution in [2.24, 2.45) is 0 Å².